The van der Waals surface area contributed by atoms with Crippen molar-refractivity contribution in [1.82, 2.24) is 9.88 Å². The molecule has 1 aromatic rings. The first kappa shape index (κ1) is 13.6. The fourth-order valence-electron chi connectivity index (χ4n) is 2.03. The van der Waals surface area contributed by atoms with Gasteiger partial charge in [-0.3, -0.25) is 9.69 Å². The number of pyridine rings is 1. The Labute approximate surface area is 117 Å². The van der Waals surface area contributed by atoms with Crippen molar-refractivity contribution < 1.29 is 14.7 Å². The zero-order chi connectivity index (χ0) is 14.0. The molecule has 0 radical (unpaired) electrons. The van der Waals surface area contributed by atoms with Crippen molar-refractivity contribution in [3.63, 3.8) is 0 Å². The van der Waals surface area contributed by atoms with Gasteiger partial charge < -0.3 is 16.2 Å². The molecular weight excluding hydrogens is 316 g/mol. The molecule has 1 fully saturated rings. The Morgan fingerprint density at radius 2 is 2.32 bits per heavy atom. The molecule has 8 heteroatoms. The summed E-state index contributed by atoms with van der Waals surface area (Å²) >= 11 is 3.23. The molecule has 102 valence electrons. The number of anilines is 2. The predicted octanol–water partition coefficient (Wildman–Crippen LogP) is 1.51. The van der Waals surface area contributed by atoms with Gasteiger partial charge in [-0.2, -0.15) is 0 Å². The molecule has 1 aliphatic rings. The van der Waals surface area contributed by atoms with Crippen LogP contribution in [0.4, 0.5) is 16.3 Å². The molecule has 1 saturated heterocycles. The highest BCUT2D eigenvalue weighted by Gasteiger charge is 2.34. The largest absolute Gasteiger partial charge is 0.465 e. The number of nitrogen functional groups attached to an aromatic ring is 1. The van der Waals surface area contributed by atoms with Gasteiger partial charge in [0.1, 0.15) is 11.9 Å². The predicted molar refractivity (Wildman–Crippen MR) is 72.7 cm³/mol. The highest BCUT2D eigenvalue weighted by molar-refractivity contribution is 9.10. The minimum absolute atomic E-state index is 0.191. The first-order chi connectivity index (χ1) is 8.99. The fourth-order valence-corrected chi connectivity index (χ4v) is 2.37. The Balaban J connectivity index is 2.12. The Bertz CT molecular complexity index is 523. The van der Waals surface area contributed by atoms with E-state index in [2.05, 4.69) is 26.2 Å². The summed E-state index contributed by atoms with van der Waals surface area (Å²) in [5.74, 6) is -0.192. The maximum atomic E-state index is 12.1. The molecule has 0 aromatic carbocycles. The number of hydrogen-bond acceptors (Lipinski definition) is 4. The number of likely N-dealkylation sites (tertiary alicyclic amines) is 1. The maximum Gasteiger partial charge on any atom is 0.407 e. The van der Waals surface area contributed by atoms with E-state index in [0.717, 1.165) is 4.90 Å². The van der Waals surface area contributed by atoms with E-state index in [1.165, 1.54) is 6.20 Å². The lowest BCUT2D eigenvalue weighted by atomic mass is 10.2. The number of nitrogens with one attached hydrogen (secondary N) is 1. The van der Waals surface area contributed by atoms with Crippen LogP contribution in [0.3, 0.4) is 0 Å². The first-order valence-corrected chi connectivity index (χ1v) is 6.50. The third-order valence-corrected chi connectivity index (χ3v) is 3.38. The summed E-state index contributed by atoms with van der Waals surface area (Å²) in [5.41, 5.74) is 6.03. The van der Waals surface area contributed by atoms with Crippen LogP contribution in [0.2, 0.25) is 0 Å². The Morgan fingerprint density at radius 1 is 1.58 bits per heavy atom. The summed E-state index contributed by atoms with van der Waals surface area (Å²) in [6.45, 7) is 0.375. The molecule has 7 nitrogen and oxygen atoms in total. The van der Waals surface area contributed by atoms with Gasteiger partial charge in [-0.25, -0.2) is 9.78 Å². The molecule has 2 amide bonds. The Kier molecular flexibility index (Phi) is 3.89. The van der Waals surface area contributed by atoms with Gasteiger partial charge in [0.05, 0.1) is 5.69 Å². The van der Waals surface area contributed by atoms with Gasteiger partial charge in [-0.1, -0.05) is 0 Å². The van der Waals surface area contributed by atoms with E-state index in [1.807, 2.05) is 0 Å². The number of aromatic nitrogens is 1. The summed E-state index contributed by atoms with van der Waals surface area (Å²) in [6, 6.07) is 0.955. The van der Waals surface area contributed by atoms with E-state index < -0.39 is 12.1 Å². The molecule has 1 aliphatic heterocycles. The number of carbonyl (C=O) groups is 2. The fraction of sp³-hybridized carbons (Fsp3) is 0.364. The minimum atomic E-state index is -1.09. The maximum absolute atomic E-state index is 12.1. The van der Waals surface area contributed by atoms with Crippen LogP contribution in [0.1, 0.15) is 12.8 Å². The highest BCUT2D eigenvalue weighted by atomic mass is 79.9. The summed E-state index contributed by atoms with van der Waals surface area (Å²) < 4.78 is 0.679. The molecule has 1 atom stereocenters. The van der Waals surface area contributed by atoms with Crippen molar-refractivity contribution in [2.75, 3.05) is 17.6 Å². The smallest absolute Gasteiger partial charge is 0.407 e. The quantitative estimate of drug-likeness (QED) is 0.762. The van der Waals surface area contributed by atoms with Crippen molar-refractivity contribution >= 4 is 39.4 Å². The van der Waals surface area contributed by atoms with E-state index in [4.69, 9.17) is 10.8 Å². The standard InChI is InChI=1S/C11H13BrN4O3/c12-6-4-7(9(13)14-5-6)15-10(17)8-2-1-3-16(8)11(18)19/h4-5,8H,1-3H2,(H2,13,14)(H,15,17)(H,18,19)/t8-/m0/s1. The van der Waals surface area contributed by atoms with Gasteiger partial charge in [-0.05, 0) is 34.8 Å². The van der Waals surface area contributed by atoms with Crippen LogP contribution in [0.25, 0.3) is 0 Å². The van der Waals surface area contributed by atoms with Crippen molar-refractivity contribution in [1.29, 1.82) is 0 Å². The molecular formula is C11H13BrN4O3. The van der Waals surface area contributed by atoms with Gasteiger partial charge >= 0.3 is 6.09 Å². The summed E-state index contributed by atoms with van der Waals surface area (Å²) in [6.07, 6.45) is 1.62. The van der Waals surface area contributed by atoms with Gasteiger partial charge in [0.25, 0.3) is 0 Å². The number of nitrogens with zero attached hydrogens (tertiary/aromatic N) is 2. The molecule has 0 unspecified atom stereocenters. The molecule has 0 aliphatic carbocycles. The number of carboxylic acid groups (broad SMARTS) is 1. The molecule has 19 heavy (non-hydrogen) atoms. The van der Waals surface area contributed by atoms with Crippen LogP contribution in [0.15, 0.2) is 16.7 Å². The highest BCUT2D eigenvalue weighted by Crippen LogP contribution is 2.23. The molecule has 0 bridgehead atoms. The van der Waals surface area contributed by atoms with Crippen LogP contribution >= 0.6 is 15.9 Å². The van der Waals surface area contributed by atoms with E-state index in [1.54, 1.807) is 6.07 Å². The zero-order valence-corrected chi connectivity index (χ0v) is 11.6. The Hall–Kier alpha value is -1.83. The third-order valence-electron chi connectivity index (χ3n) is 2.94. The molecule has 4 N–H and O–H groups in total. The number of amides is 2. The average Bonchev–Trinajstić information content (AvgIpc) is 2.83. The topological polar surface area (TPSA) is 109 Å². The first-order valence-electron chi connectivity index (χ1n) is 5.70. The van der Waals surface area contributed by atoms with Crippen LogP contribution < -0.4 is 11.1 Å². The minimum Gasteiger partial charge on any atom is -0.465 e. The number of nitrogens with two attached hydrogens (primary N) is 1. The van der Waals surface area contributed by atoms with Gasteiger partial charge in [0, 0.05) is 17.2 Å². The second-order valence-corrected chi connectivity index (χ2v) is 5.13. The lowest BCUT2D eigenvalue weighted by Crippen LogP contribution is -2.42. The van der Waals surface area contributed by atoms with Crippen LogP contribution in [-0.2, 0) is 4.79 Å². The molecule has 0 spiro atoms. The molecule has 2 heterocycles. The van der Waals surface area contributed by atoms with E-state index >= 15 is 0 Å². The van der Waals surface area contributed by atoms with Crippen molar-refractivity contribution in [2.45, 2.75) is 18.9 Å². The number of hydrogen-bond donors (Lipinski definition) is 3. The SMILES string of the molecule is Nc1ncc(Br)cc1NC(=O)[C@@H]1CCCN1C(=O)O. The molecule has 2 rings (SSSR count). The van der Waals surface area contributed by atoms with Crippen LogP contribution in [-0.4, -0.2) is 39.6 Å². The second kappa shape index (κ2) is 5.43. The van der Waals surface area contributed by atoms with Crippen molar-refractivity contribution in [2.24, 2.45) is 0 Å². The van der Waals surface area contributed by atoms with E-state index in [0.29, 0.717) is 29.5 Å². The van der Waals surface area contributed by atoms with Crippen LogP contribution in [0.5, 0.6) is 0 Å². The van der Waals surface area contributed by atoms with Crippen molar-refractivity contribution in [3.8, 4) is 0 Å². The second-order valence-electron chi connectivity index (χ2n) is 4.21. The molecule has 0 saturated carbocycles. The van der Waals surface area contributed by atoms with E-state index in [-0.39, 0.29) is 11.7 Å². The average molecular weight is 329 g/mol. The van der Waals surface area contributed by atoms with Gasteiger partial charge in [0.2, 0.25) is 5.91 Å². The lowest BCUT2D eigenvalue weighted by Gasteiger charge is -2.20. The number of rotatable bonds is 2. The summed E-state index contributed by atoms with van der Waals surface area (Å²) in [5, 5.41) is 11.6. The van der Waals surface area contributed by atoms with Gasteiger partial charge in [0.15, 0.2) is 0 Å². The molecule has 1 aromatic heterocycles. The number of halogens is 1. The monoisotopic (exact) mass is 328 g/mol. The van der Waals surface area contributed by atoms with Crippen molar-refractivity contribution in [3.05, 3.63) is 16.7 Å². The summed E-state index contributed by atoms with van der Waals surface area (Å²) in [7, 11) is 0. The third kappa shape index (κ3) is 2.95. The number of carbonyl (C=O) groups excluding carboxylic acids is 1. The Morgan fingerprint density at radius 3 is 3.00 bits per heavy atom. The van der Waals surface area contributed by atoms with Crippen LogP contribution in [0, 0.1) is 0 Å². The lowest BCUT2D eigenvalue weighted by molar-refractivity contribution is -0.119. The van der Waals surface area contributed by atoms with Gasteiger partial charge in [-0.15, -0.1) is 0 Å². The normalized spacial score (nSPS) is 18.4. The zero-order valence-electron chi connectivity index (χ0n) is 9.97. The summed E-state index contributed by atoms with van der Waals surface area (Å²) in [4.78, 5) is 28.1. The van der Waals surface area contributed by atoms with E-state index in [9.17, 15) is 9.59 Å².